The molecule has 0 bridgehead atoms. The van der Waals surface area contributed by atoms with Crippen molar-refractivity contribution in [2.45, 2.75) is 79.9 Å². The Morgan fingerprint density at radius 3 is 2.30 bits per heavy atom. The molecule has 0 aromatic heterocycles. The van der Waals surface area contributed by atoms with Crippen molar-refractivity contribution in [2.24, 2.45) is 17.3 Å². The summed E-state index contributed by atoms with van der Waals surface area (Å²) < 4.78 is 0. The number of amides is 1. The van der Waals surface area contributed by atoms with Crippen LogP contribution in [0.3, 0.4) is 0 Å². The molecule has 3 nitrogen and oxygen atoms in total. The standard InChI is InChI=1S/C17H34N2O/c1-8-9-14-16(20)19(11-17(6,7)13(4)5)15(18-14)10-12(2)3/h12-15,18H,8-11H2,1-7H3. The highest BCUT2D eigenvalue weighted by Crippen LogP contribution is 2.31. The molecular weight excluding hydrogens is 248 g/mol. The van der Waals surface area contributed by atoms with E-state index < -0.39 is 0 Å². The molecule has 1 aliphatic rings. The van der Waals surface area contributed by atoms with Gasteiger partial charge in [-0.05, 0) is 30.1 Å². The molecule has 0 aromatic carbocycles. The second-order valence-electron chi connectivity index (χ2n) is 7.76. The zero-order valence-corrected chi connectivity index (χ0v) is 14.5. The van der Waals surface area contributed by atoms with E-state index in [1.54, 1.807) is 0 Å². The minimum absolute atomic E-state index is 0.0340. The van der Waals surface area contributed by atoms with E-state index in [0.29, 0.717) is 17.7 Å². The molecule has 0 aromatic rings. The van der Waals surface area contributed by atoms with E-state index in [4.69, 9.17) is 0 Å². The molecule has 2 unspecified atom stereocenters. The maximum absolute atomic E-state index is 12.7. The number of rotatable bonds is 7. The Morgan fingerprint density at radius 2 is 1.85 bits per heavy atom. The largest absolute Gasteiger partial charge is 0.325 e. The second kappa shape index (κ2) is 6.93. The van der Waals surface area contributed by atoms with Gasteiger partial charge in [-0.25, -0.2) is 0 Å². The van der Waals surface area contributed by atoms with Gasteiger partial charge >= 0.3 is 0 Å². The molecule has 0 spiro atoms. The molecule has 0 saturated carbocycles. The number of nitrogens with zero attached hydrogens (tertiary/aromatic N) is 1. The summed E-state index contributed by atoms with van der Waals surface area (Å²) in [5.74, 6) is 1.48. The average molecular weight is 282 g/mol. The molecule has 1 rings (SSSR count). The lowest BCUT2D eigenvalue weighted by molar-refractivity contribution is -0.132. The van der Waals surface area contributed by atoms with Crippen molar-refractivity contribution < 1.29 is 4.79 Å². The molecule has 1 amide bonds. The van der Waals surface area contributed by atoms with E-state index in [1.165, 1.54) is 0 Å². The van der Waals surface area contributed by atoms with Crippen LogP contribution in [0.4, 0.5) is 0 Å². The smallest absolute Gasteiger partial charge is 0.241 e. The van der Waals surface area contributed by atoms with Crippen LogP contribution < -0.4 is 5.32 Å². The fourth-order valence-electron chi connectivity index (χ4n) is 2.69. The van der Waals surface area contributed by atoms with Crippen LogP contribution in [-0.4, -0.2) is 29.6 Å². The van der Waals surface area contributed by atoms with Gasteiger partial charge in [-0.15, -0.1) is 0 Å². The van der Waals surface area contributed by atoms with Crippen LogP contribution >= 0.6 is 0 Å². The summed E-state index contributed by atoms with van der Waals surface area (Å²) in [5.41, 5.74) is 0.160. The van der Waals surface area contributed by atoms with E-state index >= 15 is 0 Å². The summed E-state index contributed by atoms with van der Waals surface area (Å²) in [6, 6.07) is 0.0340. The minimum atomic E-state index is 0.0340. The van der Waals surface area contributed by atoms with Gasteiger partial charge in [0.25, 0.3) is 0 Å². The number of carbonyl (C=O) groups excluding carboxylic acids is 1. The number of carbonyl (C=O) groups is 1. The lowest BCUT2D eigenvalue weighted by atomic mass is 9.80. The van der Waals surface area contributed by atoms with Crippen LogP contribution in [-0.2, 0) is 4.79 Å². The van der Waals surface area contributed by atoms with E-state index in [2.05, 4.69) is 58.7 Å². The van der Waals surface area contributed by atoms with Gasteiger partial charge < -0.3 is 4.90 Å². The highest BCUT2D eigenvalue weighted by Gasteiger charge is 2.41. The van der Waals surface area contributed by atoms with Crippen molar-refractivity contribution in [3.8, 4) is 0 Å². The molecule has 0 aliphatic carbocycles. The number of hydrogen-bond donors (Lipinski definition) is 1. The topological polar surface area (TPSA) is 32.3 Å². The Balaban J connectivity index is 2.84. The Kier molecular flexibility index (Phi) is 6.06. The first-order valence-electron chi connectivity index (χ1n) is 8.25. The maximum Gasteiger partial charge on any atom is 0.241 e. The van der Waals surface area contributed by atoms with Crippen molar-refractivity contribution in [3.63, 3.8) is 0 Å². The Morgan fingerprint density at radius 1 is 1.25 bits per heavy atom. The van der Waals surface area contributed by atoms with Gasteiger partial charge in [-0.1, -0.05) is 54.9 Å². The Labute approximate surface area is 125 Å². The summed E-state index contributed by atoms with van der Waals surface area (Å²) in [6.45, 7) is 16.5. The number of hydrogen-bond acceptors (Lipinski definition) is 2. The molecule has 0 radical (unpaired) electrons. The predicted molar refractivity (Wildman–Crippen MR) is 85.4 cm³/mol. The van der Waals surface area contributed by atoms with E-state index in [9.17, 15) is 4.79 Å². The molecule has 1 fully saturated rings. The minimum Gasteiger partial charge on any atom is -0.325 e. The van der Waals surface area contributed by atoms with Crippen molar-refractivity contribution in [2.75, 3.05) is 6.54 Å². The van der Waals surface area contributed by atoms with Crippen molar-refractivity contribution in [1.29, 1.82) is 0 Å². The van der Waals surface area contributed by atoms with E-state index in [0.717, 1.165) is 25.8 Å². The molecule has 2 atom stereocenters. The summed E-state index contributed by atoms with van der Waals surface area (Å²) >= 11 is 0. The van der Waals surface area contributed by atoms with E-state index in [-0.39, 0.29) is 17.6 Å². The summed E-state index contributed by atoms with van der Waals surface area (Å²) in [5, 5.41) is 3.56. The second-order valence-corrected chi connectivity index (χ2v) is 7.76. The summed E-state index contributed by atoms with van der Waals surface area (Å²) in [4.78, 5) is 14.8. The lowest BCUT2D eigenvalue weighted by Gasteiger charge is -2.36. The summed E-state index contributed by atoms with van der Waals surface area (Å²) in [7, 11) is 0. The maximum atomic E-state index is 12.7. The van der Waals surface area contributed by atoms with Crippen molar-refractivity contribution >= 4 is 5.91 Å². The quantitative estimate of drug-likeness (QED) is 0.773. The van der Waals surface area contributed by atoms with Crippen LogP contribution in [0, 0.1) is 17.3 Å². The molecule has 1 N–H and O–H groups in total. The zero-order valence-electron chi connectivity index (χ0n) is 14.5. The first-order chi connectivity index (χ1) is 9.19. The van der Waals surface area contributed by atoms with Crippen LogP contribution in [0.1, 0.15) is 67.7 Å². The van der Waals surface area contributed by atoms with Crippen LogP contribution in [0.25, 0.3) is 0 Å². The molecule has 20 heavy (non-hydrogen) atoms. The molecule has 1 aliphatic heterocycles. The predicted octanol–water partition coefficient (Wildman–Crippen LogP) is 3.64. The Bertz CT molecular complexity index is 323. The first kappa shape index (κ1) is 17.5. The molecule has 1 saturated heterocycles. The molecule has 3 heteroatoms. The average Bonchev–Trinajstić information content (AvgIpc) is 2.57. The van der Waals surface area contributed by atoms with E-state index in [1.807, 2.05) is 0 Å². The van der Waals surface area contributed by atoms with Crippen molar-refractivity contribution in [3.05, 3.63) is 0 Å². The van der Waals surface area contributed by atoms with Gasteiger partial charge in [0.2, 0.25) is 5.91 Å². The highest BCUT2D eigenvalue weighted by molar-refractivity contribution is 5.84. The lowest BCUT2D eigenvalue weighted by Crippen LogP contribution is -2.45. The molecule has 118 valence electrons. The fraction of sp³-hybridized carbons (Fsp3) is 0.941. The van der Waals surface area contributed by atoms with Gasteiger partial charge in [0, 0.05) is 6.54 Å². The molecule has 1 heterocycles. The Hall–Kier alpha value is -0.570. The van der Waals surface area contributed by atoms with Crippen molar-refractivity contribution in [1.82, 2.24) is 10.2 Å². The van der Waals surface area contributed by atoms with Gasteiger partial charge in [0.05, 0.1) is 12.2 Å². The van der Waals surface area contributed by atoms with Gasteiger partial charge in [0.1, 0.15) is 0 Å². The van der Waals surface area contributed by atoms with Crippen LogP contribution in [0.5, 0.6) is 0 Å². The van der Waals surface area contributed by atoms with Gasteiger partial charge in [0.15, 0.2) is 0 Å². The molecular formula is C17H34N2O. The summed E-state index contributed by atoms with van der Waals surface area (Å²) in [6.07, 6.45) is 3.27. The normalized spacial score (nSPS) is 24.2. The third kappa shape index (κ3) is 4.21. The fourth-order valence-corrected chi connectivity index (χ4v) is 2.69. The first-order valence-corrected chi connectivity index (χ1v) is 8.25. The monoisotopic (exact) mass is 282 g/mol. The number of nitrogens with one attached hydrogen (secondary N) is 1. The van der Waals surface area contributed by atoms with Gasteiger partial charge in [-0.3, -0.25) is 10.1 Å². The highest BCUT2D eigenvalue weighted by atomic mass is 16.2. The third-order valence-corrected chi connectivity index (χ3v) is 4.76. The van der Waals surface area contributed by atoms with Crippen LogP contribution in [0.2, 0.25) is 0 Å². The zero-order chi connectivity index (χ0) is 15.5. The SMILES string of the molecule is CCCC1NC(CC(C)C)N(CC(C)(C)C(C)C)C1=O. The van der Waals surface area contributed by atoms with Gasteiger partial charge in [-0.2, -0.15) is 0 Å². The third-order valence-electron chi connectivity index (χ3n) is 4.76. The van der Waals surface area contributed by atoms with Crippen LogP contribution in [0.15, 0.2) is 0 Å².